The lowest BCUT2D eigenvalue weighted by Gasteiger charge is -2.11. The van der Waals surface area contributed by atoms with Crippen molar-refractivity contribution in [2.24, 2.45) is 0 Å². The van der Waals surface area contributed by atoms with Crippen molar-refractivity contribution in [3.05, 3.63) is 35.9 Å². The van der Waals surface area contributed by atoms with E-state index in [1.54, 1.807) is 7.11 Å². The van der Waals surface area contributed by atoms with Gasteiger partial charge in [-0.2, -0.15) is 0 Å². The van der Waals surface area contributed by atoms with Crippen LogP contribution in [-0.2, 0) is 4.74 Å². The van der Waals surface area contributed by atoms with E-state index in [4.69, 9.17) is 4.74 Å². The second kappa shape index (κ2) is 3.99. The Morgan fingerprint density at radius 1 is 1.46 bits per heavy atom. The molecule has 0 spiro atoms. The Hall–Kier alpha value is -1.44. The molecule has 0 aromatic heterocycles. The molecule has 0 amide bonds. The van der Waals surface area contributed by atoms with Crippen molar-refractivity contribution in [1.82, 2.24) is 0 Å². The lowest BCUT2D eigenvalue weighted by atomic mass is 10.1. The van der Waals surface area contributed by atoms with Crippen LogP contribution in [0.25, 0.3) is 5.76 Å². The molecule has 0 fully saturated rings. The predicted molar refractivity (Wildman–Crippen MR) is 56.8 cm³/mol. The quantitative estimate of drug-likeness (QED) is 0.717. The maximum atomic E-state index is 5.09. The molecule has 0 heterocycles. The van der Waals surface area contributed by atoms with Crippen molar-refractivity contribution in [3.63, 3.8) is 0 Å². The van der Waals surface area contributed by atoms with E-state index >= 15 is 0 Å². The zero-order chi connectivity index (χ0) is 9.84. The molecule has 0 radical (unpaired) electrons. The van der Waals surface area contributed by atoms with Crippen LogP contribution in [0.1, 0.15) is 11.1 Å². The van der Waals surface area contributed by atoms with Gasteiger partial charge in [0.2, 0.25) is 0 Å². The number of hydrogen-bond donors (Lipinski definition) is 1. The largest absolute Gasteiger partial charge is 0.497 e. The third-order valence-electron chi connectivity index (χ3n) is 2.15. The van der Waals surface area contributed by atoms with Crippen LogP contribution in [0.2, 0.25) is 0 Å². The van der Waals surface area contributed by atoms with Crippen molar-refractivity contribution >= 4 is 11.4 Å². The van der Waals surface area contributed by atoms with Crippen LogP contribution in [0.4, 0.5) is 5.69 Å². The van der Waals surface area contributed by atoms with Gasteiger partial charge in [0, 0.05) is 18.3 Å². The van der Waals surface area contributed by atoms with E-state index in [2.05, 4.69) is 11.9 Å². The van der Waals surface area contributed by atoms with Gasteiger partial charge in [-0.3, -0.25) is 0 Å². The van der Waals surface area contributed by atoms with Crippen molar-refractivity contribution in [2.45, 2.75) is 6.92 Å². The summed E-state index contributed by atoms with van der Waals surface area (Å²) in [6, 6.07) is 6.02. The lowest BCUT2D eigenvalue weighted by molar-refractivity contribution is 0.371. The van der Waals surface area contributed by atoms with Gasteiger partial charge in [0.25, 0.3) is 0 Å². The van der Waals surface area contributed by atoms with E-state index in [9.17, 15) is 0 Å². The first kappa shape index (κ1) is 9.65. The van der Waals surface area contributed by atoms with Crippen LogP contribution in [0.3, 0.4) is 0 Å². The molecule has 2 nitrogen and oxygen atoms in total. The molecule has 0 bridgehead atoms. The molecule has 0 unspecified atom stereocenters. The van der Waals surface area contributed by atoms with E-state index < -0.39 is 0 Å². The minimum Gasteiger partial charge on any atom is -0.497 e. The number of methoxy groups -OCH3 is 1. The van der Waals surface area contributed by atoms with Crippen LogP contribution in [-0.4, -0.2) is 14.2 Å². The summed E-state index contributed by atoms with van der Waals surface area (Å²) in [5.74, 6) is 0.703. The smallest absolute Gasteiger partial charge is 0.119 e. The highest BCUT2D eigenvalue weighted by Gasteiger charge is 2.05. The molecule has 70 valence electrons. The van der Waals surface area contributed by atoms with Gasteiger partial charge in [-0.15, -0.1) is 0 Å². The maximum Gasteiger partial charge on any atom is 0.119 e. The summed E-state index contributed by atoms with van der Waals surface area (Å²) < 4.78 is 5.09. The standard InChI is InChI=1S/C11H15NO/c1-8-10(9(2)13-4)6-5-7-11(8)12-3/h5-7,12H,2H2,1,3-4H3. The van der Waals surface area contributed by atoms with E-state index in [0.717, 1.165) is 16.8 Å². The summed E-state index contributed by atoms with van der Waals surface area (Å²) in [7, 11) is 3.54. The normalized spacial score (nSPS) is 9.46. The molecule has 1 aromatic rings. The molecule has 0 saturated carbocycles. The molecular formula is C11H15NO. The minimum absolute atomic E-state index is 0.703. The van der Waals surface area contributed by atoms with Gasteiger partial charge >= 0.3 is 0 Å². The van der Waals surface area contributed by atoms with Crippen molar-refractivity contribution < 1.29 is 4.74 Å². The fourth-order valence-corrected chi connectivity index (χ4v) is 1.32. The first-order valence-corrected chi connectivity index (χ1v) is 4.21. The SMILES string of the molecule is C=C(OC)c1cccc(NC)c1C. The summed E-state index contributed by atoms with van der Waals surface area (Å²) in [6.07, 6.45) is 0. The van der Waals surface area contributed by atoms with Gasteiger partial charge < -0.3 is 10.1 Å². The minimum atomic E-state index is 0.703. The Balaban J connectivity index is 3.15. The van der Waals surface area contributed by atoms with Gasteiger partial charge in [-0.25, -0.2) is 0 Å². The molecule has 1 N–H and O–H groups in total. The topological polar surface area (TPSA) is 21.3 Å². The van der Waals surface area contributed by atoms with Crippen molar-refractivity contribution in [2.75, 3.05) is 19.5 Å². The molecule has 0 atom stereocenters. The first-order valence-electron chi connectivity index (χ1n) is 4.21. The fourth-order valence-electron chi connectivity index (χ4n) is 1.32. The van der Waals surface area contributed by atoms with E-state index in [-0.39, 0.29) is 0 Å². The Bertz CT molecular complexity index is 318. The Morgan fingerprint density at radius 3 is 2.69 bits per heavy atom. The van der Waals surface area contributed by atoms with Crippen LogP contribution in [0, 0.1) is 6.92 Å². The van der Waals surface area contributed by atoms with E-state index in [1.807, 2.05) is 32.2 Å². The predicted octanol–water partition coefficient (Wildman–Crippen LogP) is 2.65. The van der Waals surface area contributed by atoms with Crippen LogP contribution in [0.5, 0.6) is 0 Å². The fraction of sp³-hybridized carbons (Fsp3) is 0.273. The molecule has 0 aliphatic heterocycles. The number of nitrogens with one attached hydrogen (secondary N) is 1. The van der Waals surface area contributed by atoms with Gasteiger partial charge in [0.15, 0.2) is 0 Å². The summed E-state index contributed by atoms with van der Waals surface area (Å²) >= 11 is 0. The van der Waals surface area contributed by atoms with Gasteiger partial charge in [-0.05, 0) is 18.6 Å². The Morgan fingerprint density at radius 2 is 2.15 bits per heavy atom. The Kier molecular flexibility index (Phi) is 2.96. The highest BCUT2D eigenvalue weighted by Crippen LogP contribution is 2.23. The van der Waals surface area contributed by atoms with Gasteiger partial charge in [0.1, 0.15) is 5.76 Å². The molecule has 2 heteroatoms. The number of ether oxygens (including phenoxy) is 1. The third-order valence-corrected chi connectivity index (χ3v) is 2.15. The molecule has 0 saturated heterocycles. The zero-order valence-electron chi connectivity index (χ0n) is 8.35. The average molecular weight is 177 g/mol. The molecule has 0 aliphatic carbocycles. The maximum absolute atomic E-state index is 5.09. The number of rotatable bonds is 3. The molecule has 0 aliphatic rings. The highest BCUT2D eigenvalue weighted by atomic mass is 16.5. The summed E-state index contributed by atoms with van der Waals surface area (Å²) in [4.78, 5) is 0. The van der Waals surface area contributed by atoms with Gasteiger partial charge in [0.05, 0.1) is 7.11 Å². The zero-order valence-corrected chi connectivity index (χ0v) is 8.35. The molecule has 13 heavy (non-hydrogen) atoms. The van der Waals surface area contributed by atoms with E-state index in [0.29, 0.717) is 5.76 Å². The summed E-state index contributed by atoms with van der Waals surface area (Å²) in [6.45, 7) is 5.88. The van der Waals surface area contributed by atoms with Crippen LogP contribution < -0.4 is 5.32 Å². The number of hydrogen-bond acceptors (Lipinski definition) is 2. The van der Waals surface area contributed by atoms with Crippen LogP contribution >= 0.6 is 0 Å². The summed E-state index contributed by atoms with van der Waals surface area (Å²) in [5.41, 5.74) is 3.32. The monoisotopic (exact) mass is 177 g/mol. The average Bonchev–Trinajstić information content (AvgIpc) is 2.17. The first-order chi connectivity index (χ1) is 6.20. The van der Waals surface area contributed by atoms with Gasteiger partial charge in [-0.1, -0.05) is 18.7 Å². The summed E-state index contributed by atoms with van der Waals surface area (Å²) in [5, 5.41) is 3.12. The van der Waals surface area contributed by atoms with E-state index in [1.165, 1.54) is 0 Å². The Labute approximate surface area is 79.2 Å². The van der Waals surface area contributed by atoms with Crippen molar-refractivity contribution in [1.29, 1.82) is 0 Å². The molecule has 1 rings (SSSR count). The molecular weight excluding hydrogens is 162 g/mol. The second-order valence-electron chi connectivity index (χ2n) is 2.86. The second-order valence-corrected chi connectivity index (χ2v) is 2.86. The molecule has 1 aromatic carbocycles. The number of benzene rings is 1. The number of anilines is 1. The van der Waals surface area contributed by atoms with Crippen LogP contribution in [0.15, 0.2) is 24.8 Å². The highest BCUT2D eigenvalue weighted by molar-refractivity contribution is 5.68. The van der Waals surface area contributed by atoms with Crippen molar-refractivity contribution in [3.8, 4) is 0 Å². The third kappa shape index (κ3) is 1.83. The lowest BCUT2D eigenvalue weighted by Crippen LogP contribution is -1.96.